The van der Waals surface area contributed by atoms with Crippen molar-refractivity contribution in [3.8, 4) is 23.3 Å². The summed E-state index contributed by atoms with van der Waals surface area (Å²) in [4.78, 5) is 39.0. The highest BCUT2D eigenvalue weighted by Gasteiger charge is 2.34. The van der Waals surface area contributed by atoms with E-state index in [-0.39, 0.29) is 56.0 Å². The summed E-state index contributed by atoms with van der Waals surface area (Å²) in [5, 5.41) is 22.3. The summed E-state index contributed by atoms with van der Waals surface area (Å²) in [7, 11) is 5.74. The predicted octanol–water partition coefficient (Wildman–Crippen LogP) is 2.81. The highest BCUT2D eigenvalue weighted by Crippen LogP contribution is 2.43. The molecule has 2 heterocycles. The summed E-state index contributed by atoms with van der Waals surface area (Å²) in [5.41, 5.74) is -1.77. The summed E-state index contributed by atoms with van der Waals surface area (Å²) in [6, 6.07) is 2.83. The van der Waals surface area contributed by atoms with Crippen LogP contribution in [0.2, 0.25) is 5.02 Å². The summed E-state index contributed by atoms with van der Waals surface area (Å²) in [6.45, 7) is 3.24. The standard InChI is InChI=1S/C25H29ClN4O8S2/c1-7-36-14-10-12(9-13(26)19(14)38-11-15(31)37-8-2)16(17-20(32)27(3)24(39)28(4)21(17)33)18-22(34)29(5)25(40)30(6)23(18)35/h9-10,16,32,34H,7-8,11H2,1-6H3. The largest absolute Gasteiger partial charge is 0.494 e. The maximum absolute atomic E-state index is 13.6. The zero-order valence-electron chi connectivity index (χ0n) is 22.7. The van der Waals surface area contributed by atoms with E-state index in [1.807, 2.05) is 0 Å². The number of carbonyl (C=O) groups is 1. The Hall–Kier alpha value is -3.62. The molecule has 0 radical (unpaired) electrons. The normalized spacial score (nSPS) is 11.1. The molecule has 0 amide bonds. The van der Waals surface area contributed by atoms with Crippen LogP contribution in [0.15, 0.2) is 21.7 Å². The van der Waals surface area contributed by atoms with E-state index >= 15 is 0 Å². The van der Waals surface area contributed by atoms with Crippen LogP contribution in [0, 0.1) is 9.54 Å². The van der Waals surface area contributed by atoms with Crippen molar-refractivity contribution in [2.75, 3.05) is 19.8 Å². The van der Waals surface area contributed by atoms with Crippen LogP contribution < -0.4 is 20.6 Å². The molecular formula is C25H29ClN4O8S2. The number of hydrogen-bond acceptors (Lipinski definition) is 10. The lowest BCUT2D eigenvalue weighted by Crippen LogP contribution is -2.33. The van der Waals surface area contributed by atoms with E-state index in [1.165, 1.54) is 49.5 Å². The molecule has 15 heteroatoms. The van der Waals surface area contributed by atoms with Crippen molar-refractivity contribution >= 4 is 42.0 Å². The van der Waals surface area contributed by atoms with Crippen LogP contribution in [0.4, 0.5) is 0 Å². The first kappa shape index (κ1) is 30.9. The van der Waals surface area contributed by atoms with Crippen molar-refractivity contribution in [3.05, 3.63) is 64.1 Å². The van der Waals surface area contributed by atoms with Gasteiger partial charge in [-0.1, -0.05) is 11.6 Å². The molecule has 0 saturated carbocycles. The number of esters is 1. The second kappa shape index (κ2) is 12.3. The lowest BCUT2D eigenvalue weighted by atomic mass is 9.86. The van der Waals surface area contributed by atoms with Gasteiger partial charge in [-0.3, -0.25) is 27.9 Å². The van der Waals surface area contributed by atoms with Crippen LogP contribution >= 0.6 is 36.0 Å². The molecule has 0 aliphatic heterocycles. The number of ether oxygens (including phenoxy) is 3. The molecule has 0 atom stereocenters. The summed E-state index contributed by atoms with van der Waals surface area (Å²) < 4.78 is 20.9. The molecule has 3 aromatic rings. The van der Waals surface area contributed by atoms with Gasteiger partial charge < -0.3 is 24.4 Å². The SMILES string of the molecule is CCOC(=O)COc1c(Cl)cc(C(c2c(O)n(C)c(=S)n(C)c2=O)c2c(O)n(C)c(=S)n(C)c2=O)cc1OCC. The predicted molar refractivity (Wildman–Crippen MR) is 152 cm³/mol. The topological polar surface area (TPSA) is 139 Å². The zero-order chi connectivity index (χ0) is 30.0. The number of rotatable bonds is 9. The number of carbonyl (C=O) groups excluding carboxylic acids is 1. The van der Waals surface area contributed by atoms with Gasteiger partial charge in [-0.25, -0.2) is 4.79 Å². The van der Waals surface area contributed by atoms with Crippen molar-refractivity contribution in [1.29, 1.82) is 0 Å². The lowest BCUT2D eigenvalue weighted by Gasteiger charge is -2.24. The van der Waals surface area contributed by atoms with Gasteiger partial charge in [0.05, 0.1) is 35.3 Å². The summed E-state index contributed by atoms with van der Waals surface area (Å²) in [6.07, 6.45) is 0. The maximum Gasteiger partial charge on any atom is 0.344 e. The van der Waals surface area contributed by atoms with E-state index in [4.69, 9.17) is 50.2 Å². The fourth-order valence-corrected chi connectivity index (χ4v) is 4.81. The molecule has 0 bridgehead atoms. The van der Waals surface area contributed by atoms with Crippen LogP contribution in [-0.4, -0.2) is 54.3 Å². The third-order valence-corrected chi connectivity index (χ3v) is 7.59. The zero-order valence-corrected chi connectivity index (χ0v) is 25.1. The maximum atomic E-state index is 13.6. The molecule has 0 aliphatic carbocycles. The lowest BCUT2D eigenvalue weighted by molar-refractivity contribution is -0.145. The van der Waals surface area contributed by atoms with Crippen LogP contribution in [0.5, 0.6) is 23.3 Å². The third kappa shape index (κ3) is 5.51. The van der Waals surface area contributed by atoms with Gasteiger partial charge in [0, 0.05) is 28.2 Å². The van der Waals surface area contributed by atoms with Gasteiger partial charge in [0.15, 0.2) is 27.6 Å². The third-order valence-electron chi connectivity index (χ3n) is 6.22. The number of aromatic hydroxyl groups is 2. The molecule has 1 aromatic carbocycles. The van der Waals surface area contributed by atoms with E-state index in [0.717, 1.165) is 9.13 Å². The van der Waals surface area contributed by atoms with E-state index in [9.17, 15) is 24.6 Å². The van der Waals surface area contributed by atoms with Crippen molar-refractivity contribution in [3.63, 3.8) is 0 Å². The van der Waals surface area contributed by atoms with Crippen molar-refractivity contribution in [2.45, 2.75) is 19.8 Å². The van der Waals surface area contributed by atoms with E-state index < -0.39 is 41.4 Å². The van der Waals surface area contributed by atoms with Gasteiger partial charge in [-0.05, 0) is 56.0 Å². The van der Waals surface area contributed by atoms with E-state index in [0.29, 0.717) is 0 Å². The Morgan fingerprint density at radius 3 is 1.82 bits per heavy atom. The average molecular weight is 613 g/mol. The number of nitrogens with zero attached hydrogens (tertiary/aromatic N) is 4. The molecule has 0 aliphatic rings. The highest BCUT2D eigenvalue weighted by molar-refractivity contribution is 7.71. The summed E-state index contributed by atoms with van der Waals surface area (Å²) >= 11 is 17.1. The Kier molecular flexibility index (Phi) is 9.48. The van der Waals surface area contributed by atoms with Gasteiger partial charge in [-0.2, -0.15) is 0 Å². The minimum absolute atomic E-state index is 0.0179. The second-order valence-corrected chi connectivity index (χ2v) is 9.81. The number of aromatic nitrogens is 4. The van der Waals surface area contributed by atoms with Gasteiger partial charge in [0.1, 0.15) is 0 Å². The Bertz CT molecular complexity index is 1640. The molecule has 40 heavy (non-hydrogen) atoms. The van der Waals surface area contributed by atoms with Crippen LogP contribution in [0.25, 0.3) is 0 Å². The molecular weight excluding hydrogens is 584 g/mol. The number of benzene rings is 1. The molecule has 0 fully saturated rings. The smallest absolute Gasteiger partial charge is 0.344 e. The van der Waals surface area contributed by atoms with Crippen LogP contribution in [0.1, 0.15) is 36.5 Å². The minimum atomic E-state index is -1.38. The molecule has 12 nitrogen and oxygen atoms in total. The van der Waals surface area contributed by atoms with Gasteiger partial charge in [-0.15, -0.1) is 0 Å². The molecule has 3 rings (SSSR count). The van der Waals surface area contributed by atoms with E-state index in [1.54, 1.807) is 13.8 Å². The quantitative estimate of drug-likeness (QED) is 0.274. The first-order valence-electron chi connectivity index (χ1n) is 12.0. The second-order valence-electron chi connectivity index (χ2n) is 8.68. The Labute approximate surface area is 244 Å². The van der Waals surface area contributed by atoms with Gasteiger partial charge >= 0.3 is 5.97 Å². The molecule has 0 saturated heterocycles. The van der Waals surface area contributed by atoms with Crippen molar-refractivity contribution in [2.24, 2.45) is 28.2 Å². The van der Waals surface area contributed by atoms with Crippen molar-refractivity contribution in [1.82, 2.24) is 18.3 Å². The summed E-state index contributed by atoms with van der Waals surface area (Å²) in [5.74, 6) is -2.95. The number of hydrogen-bond donors (Lipinski definition) is 2. The Balaban J connectivity index is 2.46. The van der Waals surface area contributed by atoms with Crippen molar-refractivity contribution < 1.29 is 29.2 Å². The van der Waals surface area contributed by atoms with Gasteiger partial charge in [0.2, 0.25) is 11.8 Å². The fraction of sp³-hybridized carbons (Fsp3) is 0.400. The molecule has 0 unspecified atom stereocenters. The Morgan fingerprint density at radius 2 is 1.38 bits per heavy atom. The molecule has 216 valence electrons. The minimum Gasteiger partial charge on any atom is -0.494 e. The monoisotopic (exact) mass is 612 g/mol. The fourth-order valence-electron chi connectivity index (χ4n) is 4.19. The number of halogens is 1. The first-order valence-corrected chi connectivity index (χ1v) is 13.2. The highest BCUT2D eigenvalue weighted by atomic mass is 35.5. The molecule has 2 N–H and O–H groups in total. The first-order chi connectivity index (χ1) is 18.8. The molecule has 0 spiro atoms. The molecule has 2 aromatic heterocycles. The van der Waals surface area contributed by atoms with E-state index in [2.05, 4.69) is 0 Å². The van der Waals surface area contributed by atoms with Gasteiger partial charge in [0.25, 0.3) is 11.1 Å². The van der Waals surface area contributed by atoms with Crippen LogP contribution in [0.3, 0.4) is 0 Å². The Morgan fingerprint density at radius 1 is 0.875 bits per heavy atom. The average Bonchev–Trinajstić information content (AvgIpc) is 2.91. The van der Waals surface area contributed by atoms with Crippen LogP contribution in [-0.2, 0) is 37.7 Å².